The molecule has 1 unspecified atom stereocenters. The summed E-state index contributed by atoms with van der Waals surface area (Å²) in [5.41, 5.74) is 1.47. The first-order valence-corrected chi connectivity index (χ1v) is 8.15. The highest BCUT2D eigenvalue weighted by atomic mass is 16.7. The SMILES string of the molecule is O=C(NCc1ccc2c(c1)OCO2)C1CCN(c2cn[nH]c(=O)c2)C1. The van der Waals surface area contributed by atoms with E-state index < -0.39 is 0 Å². The van der Waals surface area contributed by atoms with Crippen molar-refractivity contribution in [2.24, 2.45) is 5.92 Å². The van der Waals surface area contributed by atoms with Crippen molar-refractivity contribution in [2.75, 3.05) is 24.8 Å². The van der Waals surface area contributed by atoms with Gasteiger partial charge in [0.15, 0.2) is 11.5 Å². The number of carbonyl (C=O) groups excluding carboxylic acids is 1. The third-order valence-corrected chi connectivity index (χ3v) is 4.48. The van der Waals surface area contributed by atoms with E-state index in [1.807, 2.05) is 23.1 Å². The number of hydrogen-bond acceptors (Lipinski definition) is 6. The molecule has 2 aliphatic rings. The fourth-order valence-electron chi connectivity index (χ4n) is 3.13. The van der Waals surface area contributed by atoms with Gasteiger partial charge < -0.3 is 19.7 Å². The quantitative estimate of drug-likeness (QED) is 0.846. The molecule has 1 aromatic carbocycles. The van der Waals surface area contributed by atoms with Crippen molar-refractivity contribution < 1.29 is 14.3 Å². The van der Waals surface area contributed by atoms with Crippen LogP contribution in [-0.2, 0) is 11.3 Å². The van der Waals surface area contributed by atoms with Crippen LogP contribution >= 0.6 is 0 Å². The zero-order chi connectivity index (χ0) is 17.2. The van der Waals surface area contributed by atoms with Crippen molar-refractivity contribution in [1.82, 2.24) is 15.5 Å². The largest absolute Gasteiger partial charge is 0.454 e. The van der Waals surface area contributed by atoms with E-state index in [0.717, 1.165) is 30.0 Å². The van der Waals surface area contributed by atoms with Crippen molar-refractivity contribution in [1.29, 1.82) is 0 Å². The van der Waals surface area contributed by atoms with Crippen molar-refractivity contribution in [3.05, 3.63) is 46.4 Å². The summed E-state index contributed by atoms with van der Waals surface area (Å²) < 4.78 is 10.6. The zero-order valence-electron chi connectivity index (χ0n) is 13.5. The van der Waals surface area contributed by atoms with Crippen molar-refractivity contribution in [2.45, 2.75) is 13.0 Å². The number of fused-ring (bicyclic) bond motifs is 1. The molecule has 8 heteroatoms. The molecular formula is C17H18N4O4. The lowest BCUT2D eigenvalue weighted by atomic mass is 10.1. The van der Waals surface area contributed by atoms with Gasteiger partial charge in [0.25, 0.3) is 5.56 Å². The number of aromatic amines is 1. The molecule has 1 atom stereocenters. The molecular weight excluding hydrogens is 324 g/mol. The Morgan fingerprint density at radius 1 is 1.32 bits per heavy atom. The molecule has 2 aliphatic heterocycles. The van der Waals surface area contributed by atoms with Crippen LogP contribution in [0.25, 0.3) is 0 Å². The molecule has 130 valence electrons. The first-order chi connectivity index (χ1) is 12.2. The highest BCUT2D eigenvalue weighted by Crippen LogP contribution is 2.32. The number of nitrogens with one attached hydrogen (secondary N) is 2. The predicted molar refractivity (Wildman–Crippen MR) is 89.6 cm³/mol. The average Bonchev–Trinajstić information content (AvgIpc) is 3.28. The number of aromatic nitrogens is 2. The number of ether oxygens (including phenoxy) is 2. The van der Waals surface area contributed by atoms with E-state index in [4.69, 9.17) is 9.47 Å². The maximum absolute atomic E-state index is 12.4. The Hall–Kier alpha value is -3.03. The number of nitrogens with zero attached hydrogens (tertiary/aromatic N) is 2. The van der Waals surface area contributed by atoms with Crippen LogP contribution in [0.1, 0.15) is 12.0 Å². The van der Waals surface area contributed by atoms with Crippen LogP contribution in [-0.4, -0.2) is 36.0 Å². The monoisotopic (exact) mass is 342 g/mol. The molecule has 25 heavy (non-hydrogen) atoms. The van der Waals surface area contributed by atoms with Gasteiger partial charge in [-0.25, -0.2) is 5.10 Å². The van der Waals surface area contributed by atoms with Gasteiger partial charge in [-0.05, 0) is 24.1 Å². The van der Waals surface area contributed by atoms with Gasteiger partial charge in [-0.15, -0.1) is 0 Å². The standard InChI is InChI=1S/C17H18N4O4/c22-16-6-13(8-19-20-16)21-4-3-12(9-21)17(23)18-7-11-1-2-14-15(5-11)25-10-24-14/h1-2,5-6,8,12H,3-4,7,9-10H2,(H,18,23)(H,20,22). The Morgan fingerprint density at radius 3 is 3.08 bits per heavy atom. The number of carbonyl (C=O) groups is 1. The predicted octanol–water partition coefficient (Wildman–Crippen LogP) is 0.641. The van der Waals surface area contributed by atoms with E-state index in [1.54, 1.807) is 6.20 Å². The summed E-state index contributed by atoms with van der Waals surface area (Å²) in [4.78, 5) is 25.8. The molecule has 0 spiro atoms. The lowest BCUT2D eigenvalue weighted by Gasteiger charge is -2.17. The van der Waals surface area contributed by atoms with Gasteiger partial charge >= 0.3 is 0 Å². The Labute approximate surface area is 143 Å². The smallest absolute Gasteiger partial charge is 0.266 e. The van der Waals surface area contributed by atoms with Crippen LogP contribution in [0.15, 0.2) is 35.3 Å². The van der Waals surface area contributed by atoms with E-state index in [-0.39, 0.29) is 24.2 Å². The Kier molecular flexibility index (Phi) is 4.01. The van der Waals surface area contributed by atoms with Crippen LogP contribution in [0.2, 0.25) is 0 Å². The fraction of sp³-hybridized carbons (Fsp3) is 0.353. The lowest BCUT2D eigenvalue weighted by molar-refractivity contribution is -0.124. The molecule has 0 radical (unpaired) electrons. The number of benzene rings is 1. The van der Waals surface area contributed by atoms with Gasteiger partial charge in [0.05, 0.1) is 17.8 Å². The minimum Gasteiger partial charge on any atom is -0.454 e. The summed E-state index contributed by atoms with van der Waals surface area (Å²) in [5.74, 6) is 1.35. The van der Waals surface area contributed by atoms with Gasteiger partial charge in [-0.1, -0.05) is 6.07 Å². The Morgan fingerprint density at radius 2 is 2.20 bits per heavy atom. The van der Waals surface area contributed by atoms with Gasteiger partial charge in [0.1, 0.15) is 0 Å². The number of anilines is 1. The first kappa shape index (κ1) is 15.5. The zero-order valence-corrected chi connectivity index (χ0v) is 13.5. The minimum atomic E-state index is -0.242. The molecule has 3 heterocycles. The normalized spacial score (nSPS) is 18.4. The lowest BCUT2D eigenvalue weighted by Crippen LogP contribution is -2.32. The molecule has 2 aromatic rings. The van der Waals surface area contributed by atoms with E-state index in [9.17, 15) is 9.59 Å². The second-order valence-corrected chi connectivity index (χ2v) is 6.14. The van der Waals surface area contributed by atoms with E-state index in [1.165, 1.54) is 6.07 Å². The minimum absolute atomic E-state index is 0.0120. The second-order valence-electron chi connectivity index (χ2n) is 6.14. The second kappa shape index (κ2) is 6.46. The molecule has 8 nitrogen and oxygen atoms in total. The topological polar surface area (TPSA) is 96.6 Å². The molecule has 0 aliphatic carbocycles. The molecule has 1 fully saturated rings. The van der Waals surface area contributed by atoms with Crippen LogP contribution in [0.3, 0.4) is 0 Å². The molecule has 4 rings (SSSR count). The van der Waals surface area contributed by atoms with Gasteiger partial charge in [0.2, 0.25) is 12.7 Å². The number of hydrogen-bond donors (Lipinski definition) is 2. The molecule has 0 saturated carbocycles. The van der Waals surface area contributed by atoms with Gasteiger partial charge in [-0.3, -0.25) is 9.59 Å². The molecule has 1 amide bonds. The molecule has 0 bridgehead atoms. The summed E-state index contributed by atoms with van der Waals surface area (Å²) >= 11 is 0. The average molecular weight is 342 g/mol. The summed E-state index contributed by atoms with van der Waals surface area (Å²) in [6, 6.07) is 7.14. The van der Waals surface area contributed by atoms with Crippen LogP contribution in [0.5, 0.6) is 11.5 Å². The summed E-state index contributed by atoms with van der Waals surface area (Å²) in [7, 11) is 0. The van der Waals surface area contributed by atoms with Crippen LogP contribution < -0.4 is 25.2 Å². The van der Waals surface area contributed by atoms with Gasteiger partial charge in [-0.2, -0.15) is 5.10 Å². The number of rotatable bonds is 4. The van der Waals surface area contributed by atoms with Crippen molar-refractivity contribution in [3.63, 3.8) is 0 Å². The third-order valence-electron chi connectivity index (χ3n) is 4.48. The summed E-state index contributed by atoms with van der Waals surface area (Å²) in [6.45, 7) is 1.99. The van der Waals surface area contributed by atoms with E-state index >= 15 is 0 Å². The Bertz CT molecular complexity index is 851. The molecule has 1 aromatic heterocycles. The maximum Gasteiger partial charge on any atom is 0.266 e. The van der Waals surface area contributed by atoms with Crippen molar-refractivity contribution >= 4 is 11.6 Å². The highest BCUT2D eigenvalue weighted by Gasteiger charge is 2.28. The number of amides is 1. The van der Waals surface area contributed by atoms with Crippen LogP contribution in [0, 0.1) is 5.92 Å². The number of H-pyrrole nitrogens is 1. The Balaban J connectivity index is 1.34. The van der Waals surface area contributed by atoms with E-state index in [0.29, 0.717) is 18.8 Å². The highest BCUT2D eigenvalue weighted by molar-refractivity contribution is 5.80. The van der Waals surface area contributed by atoms with E-state index in [2.05, 4.69) is 15.5 Å². The molecule has 2 N–H and O–H groups in total. The summed E-state index contributed by atoms with van der Waals surface area (Å²) in [6.07, 6.45) is 2.36. The van der Waals surface area contributed by atoms with Crippen LogP contribution in [0.4, 0.5) is 5.69 Å². The molecule has 1 saturated heterocycles. The third kappa shape index (κ3) is 3.28. The maximum atomic E-state index is 12.4. The van der Waals surface area contributed by atoms with Crippen molar-refractivity contribution in [3.8, 4) is 11.5 Å². The first-order valence-electron chi connectivity index (χ1n) is 8.15. The fourth-order valence-corrected chi connectivity index (χ4v) is 3.13. The summed E-state index contributed by atoms with van der Waals surface area (Å²) in [5, 5.41) is 9.13. The van der Waals surface area contributed by atoms with Gasteiger partial charge in [0, 0.05) is 25.7 Å².